The van der Waals surface area contributed by atoms with Crippen molar-refractivity contribution in [3.63, 3.8) is 0 Å². The first-order valence-electron chi connectivity index (χ1n) is 5.47. The Bertz CT molecular complexity index is 241. The van der Waals surface area contributed by atoms with Gasteiger partial charge in [0, 0.05) is 25.9 Å². The maximum absolute atomic E-state index is 5.42. The van der Waals surface area contributed by atoms with E-state index in [1.807, 2.05) is 6.07 Å². The Morgan fingerprint density at radius 1 is 1.40 bits per heavy atom. The molecule has 0 radical (unpaired) electrons. The molecule has 84 valence electrons. The van der Waals surface area contributed by atoms with E-state index in [2.05, 4.69) is 22.2 Å². The van der Waals surface area contributed by atoms with Gasteiger partial charge in [0.2, 0.25) is 0 Å². The Kier molecular flexibility index (Phi) is 6.70. The van der Waals surface area contributed by atoms with Gasteiger partial charge in [-0.3, -0.25) is 0 Å². The molecule has 0 aliphatic carbocycles. The van der Waals surface area contributed by atoms with Gasteiger partial charge >= 0.3 is 0 Å². The summed E-state index contributed by atoms with van der Waals surface area (Å²) in [7, 11) is 0. The van der Waals surface area contributed by atoms with Crippen LogP contribution in [0.25, 0.3) is 0 Å². The normalized spacial score (nSPS) is 10.5. The van der Waals surface area contributed by atoms with E-state index in [1.165, 1.54) is 6.42 Å². The number of hydrogen-bond donors (Lipinski definition) is 1. The highest BCUT2D eigenvalue weighted by molar-refractivity contribution is 4.96. The standard InChI is InChI=1S/C11H19N3O/c1-2-3-7-15-8-6-12-9-11-4-5-13-10-14-11/h4-5,10,12H,2-3,6-9H2,1H3. The smallest absolute Gasteiger partial charge is 0.115 e. The Balaban J connectivity index is 1.93. The highest BCUT2D eigenvalue weighted by atomic mass is 16.5. The Hall–Kier alpha value is -1.00. The number of unbranched alkanes of at least 4 members (excludes halogenated alkanes) is 1. The molecule has 1 aromatic heterocycles. The van der Waals surface area contributed by atoms with Crippen molar-refractivity contribution in [3.05, 3.63) is 24.3 Å². The summed E-state index contributed by atoms with van der Waals surface area (Å²) >= 11 is 0. The predicted molar refractivity (Wildman–Crippen MR) is 59.5 cm³/mol. The minimum absolute atomic E-state index is 0.769. The van der Waals surface area contributed by atoms with E-state index in [4.69, 9.17) is 4.74 Å². The van der Waals surface area contributed by atoms with E-state index in [1.54, 1.807) is 12.5 Å². The largest absolute Gasteiger partial charge is 0.380 e. The average molecular weight is 209 g/mol. The van der Waals surface area contributed by atoms with Gasteiger partial charge in [-0.25, -0.2) is 9.97 Å². The van der Waals surface area contributed by atoms with Crippen LogP contribution < -0.4 is 5.32 Å². The van der Waals surface area contributed by atoms with E-state index in [9.17, 15) is 0 Å². The van der Waals surface area contributed by atoms with Gasteiger partial charge in [0.05, 0.1) is 12.3 Å². The fourth-order valence-electron chi connectivity index (χ4n) is 1.13. The third kappa shape index (κ3) is 6.14. The molecule has 1 rings (SSSR count). The highest BCUT2D eigenvalue weighted by Gasteiger charge is 1.92. The maximum atomic E-state index is 5.42. The summed E-state index contributed by atoms with van der Waals surface area (Å²) in [5.41, 5.74) is 1.01. The molecule has 0 amide bonds. The molecule has 0 bridgehead atoms. The Morgan fingerprint density at radius 2 is 2.33 bits per heavy atom. The topological polar surface area (TPSA) is 47.0 Å². The molecular formula is C11H19N3O. The monoisotopic (exact) mass is 209 g/mol. The van der Waals surface area contributed by atoms with Crippen LogP contribution in [0.15, 0.2) is 18.6 Å². The molecule has 15 heavy (non-hydrogen) atoms. The second kappa shape index (κ2) is 8.32. The lowest BCUT2D eigenvalue weighted by Gasteiger charge is -2.04. The molecule has 0 atom stereocenters. The zero-order valence-electron chi connectivity index (χ0n) is 9.28. The molecule has 0 aromatic carbocycles. The summed E-state index contributed by atoms with van der Waals surface area (Å²) in [5.74, 6) is 0. The summed E-state index contributed by atoms with van der Waals surface area (Å²) in [4.78, 5) is 7.97. The molecule has 4 heteroatoms. The zero-order valence-corrected chi connectivity index (χ0v) is 9.28. The summed E-state index contributed by atoms with van der Waals surface area (Å²) in [5, 5.41) is 3.26. The third-order valence-corrected chi connectivity index (χ3v) is 2.01. The molecule has 0 saturated carbocycles. The van der Waals surface area contributed by atoms with E-state index >= 15 is 0 Å². The van der Waals surface area contributed by atoms with Crippen molar-refractivity contribution < 1.29 is 4.74 Å². The number of nitrogens with one attached hydrogen (secondary N) is 1. The van der Waals surface area contributed by atoms with Gasteiger partial charge in [-0.05, 0) is 12.5 Å². The van der Waals surface area contributed by atoms with Gasteiger partial charge in [-0.1, -0.05) is 13.3 Å². The number of rotatable bonds is 8. The van der Waals surface area contributed by atoms with E-state index in [0.29, 0.717) is 0 Å². The summed E-state index contributed by atoms with van der Waals surface area (Å²) in [6.07, 6.45) is 5.65. The molecular weight excluding hydrogens is 190 g/mol. The number of hydrogen-bond acceptors (Lipinski definition) is 4. The lowest BCUT2D eigenvalue weighted by molar-refractivity contribution is 0.133. The molecule has 0 spiro atoms. The highest BCUT2D eigenvalue weighted by Crippen LogP contribution is 1.89. The van der Waals surface area contributed by atoms with E-state index < -0.39 is 0 Å². The summed E-state index contributed by atoms with van der Waals surface area (Å²) < 4.78 is 5.42. The van der Waals surface area contributed by atoms with Crippen molar-refractivity contribution >= 4 is 0 Å². The van der Waals surface area contributed by atoms with Crippen LogP contribution in [0.5, 0.6) is 0 Å². The van der Waals surface area contributed by atoms with Crippen molar-refractivity contribution in [1.29, 1.82) is 0 Å². The molecule has 0 fully saturated rings. The van der Waals surface area contributed by atoms with Gasteiger partial charge in [0.1, 0.15) is 6.33 Å². The predicted octanol–water partition coefficient (Wildman–Crippen LogP) is 1.38. The molecule has 0 aliphatic heterocycles. The third-order valence-electron chi connectivity index (χ3n) is 2.01. The summed E-state index contributed by atoms with van der Waals surface area (Å²) in [6.45, 7) is 5.45. The first-order chi connectivity index (χ1) is 7.43. The number of aromatic nitrogens is 2. The lowest BCUT2D eigenvalue weighted by Crippen LogP contribution is -2.20. The maximum Gasteiger partial charge on any atom is 0.115 e. The van der Waals surface area contributed by atoms with Crippen LogP contribution >= 0.6 is 0 Å². The Labute approximate surface area is 91.1 Å². The number of nitrogens with zero attached hydrogens (tertiary/aromatic N) is 2. The molecule has 1 heterocycles. The second-order valence-electron chi connectivity index (χ2n) is 3.34. The molecule has 4 nitrogen and oxygen atoms in total. The van der Waals surface area contributed by atoms with Crippen molar-refractivity contribution in [3.8, 4) is 0 Å². The van der Waals surface area contributed by atoms with Crippen molar-refractivity contribution in [2.75, 3.05) is 19.8 Å². The van der Waals surface area contributed by atoms with Crippen LogP contribution in [-0.2, 0) is 11.3 Å². The minimum atomic E-state index is 0.769. The van der Waals surface area contributed by atoms with Crippen LogP contribution in [0.1, 0.15) is 25.5 Å². The van der Waals surface area contributed by atoms with Crippen LogP contribution in [-0.4, -0.2) is 29.7 Å². The lowest BCUT2D eigenvalue weighted by atomic mass is 10.4. The van der Waals surface area contributed by atoms with Crippen LogP contribution in [0.3, 0.4) is 0 Å². The van der Waals surface area contributed by atoms with Gasteiger partial charge in [-0.2, -0.15) is 0 Å². The molecule has 1 N–H and O–H groups in total. The van der Waals surface area contributed by atoms with Crippen molar-refractivity contribution in [2.24, 2.45) is 0 Å². The SMILES string of the molecule is CCCCOCCNCc1ccncn1. The second-order valence-corrected chi connectivity index (χ2v) is 3.34. The fraction of sp³-hybridized carbons (Fsp3) is 0.636. The minimum Gasteiger partial charge on any atom is -0.380 e. The quantitative estimate of drug-likeness (QED) is 0.657. The van der Waals surface area contributed by atoms with Gasteiger partial charge in [0.15, 0.2) is 0 Å². The summed E-state index contributed by atoms with van der Waals surface area (Å²) in [6, 6.07) is 1.91. The first-order valence-corrected chi connectivity index (χ1v) is 5.47. The number of ether oxygens (including phenoxy) is 1. The van der Waals surface area contributed by atoms with E-state index in [-0.39, 0.29) is 0 Å². The van der Waals surface area contributed by atoms with Gasteiger partial charge in [0.25, 0.3) is 0 Å². The van der Waals surface area contributed by atoms with E-state index in [0.717, 1.165) is 38.4 Å². The van der Waals surface area contributed by atoms with Crippen molar-refractivity contribution in [2.45, 2.75) is 26.3 Å². The molecule has 0 saturated heterocycles. The molecule has 0 aliphatic rings. The first kappa shape index (κ1) is 12.1. The zero-order chi connectivity index (χ0) is 10.8. The van der Waals surface area contributed by atoms with Crippen molar-refractivity contribution in [1.82, 2.24) is 15.3 Å². The Morgan fingerprint density at radius 3 is 3.07 bits per heavy atom. The molecule has 1 aromatic rings. The van der Waals surface area contributed by atoms with Gasteiger partial charge < -0.3 is 10.1 Å². The fourth-order valence-corrected chi connectivity index (χ4v) is 1.13. The van der Waals surface area contributed by atoms with Crippen LogP contribution in [0.4, 0.5) is 0 Å². The van der Waals surface area contributed by atoms with Crippen LogP contribution in [0.2, 0.25) is 0 Å². The van der Waals surface area contributed by atoms with Gasteiger partial charge in [-0.15, -0.1) is 0 Å². The molecule has 0 unspecified atom stereocenters. The average Bonchev–Trinajstić information content (AvgIpc) is 2.29. The van der Waals surface area contributed by atoms with Crippen LogP contribution in [0, 0.1) is 0 Å².